The molecular weight excluding hydrogens is 470 g/mol. The zero-order valence-corrected chi connectivity index (χ0v) is 22.3. The molecule has 0 saturated heterocycles. The van der Waals surface area contributed by atoms with Gasteiger partial charge in [0.25, 0.3) is 0 Å². The minimum absolute atomic E-state index is 0.0536. The Morgan fingerprint density at radius 3 is 2.37 bits per heavy atom. The third-order valence-corrected chi connectivity index (χ3v) is 7.36. The molecular formula is C33H35N3O2. The molecule has 2 N–H and O–H groups in total. The van der Waals surface area contributed by atoms with Crippen molar-refractivity contribution in [3.05, 3.63) is 119 Å². The Morgan fingerprint density at radius 2 is 1.66 bits per heavy atom. The van der Waals surface area contributed by atoms with E-state index in [9.17, 15) is 9.90 Å². The standard InChI is InChI=1S/C33H35N3O2/c1-4-10-27(33(38)35-30(21-37)26-11-6-5-7-12-26)25-17-15-24(16-18-25)20-29-28-13-8-9-14-31(28)36-23(3)19-22(2)34-32(29)36/h5-9,11-19,27,30,37H,4,10,20-21H2,1-3H3,(H,35,38)/t27?,30-/m0/s1. The maximum absolute atomic E-state index is 13.3. The Balaban J connectivity index is 1.42. The zero-order chi connectivity index (χ0) is 26.6. The first kappa shape index (κ1) is 25.7. The molecule has 5 rings (SSSR count). The predicted molar refractivity (Wildman–Crippen MR) is 153 cm³/mol. The summed E-state index contributed by atoms with van der Waals surface area (Å²) in [5.41, 5.74) is 8.67. The molecule has 0 radical (unpaired) electrons. The Hall–Kier alpha value is -3.96. The van der Waals surface area contributed by atoms with Crippen LogP contribution in [0.5, 0.6) is 0 Å². The van der Waals surface area contributed by atoms with Crippen LogP contribution < -0.4 is 5.32 Å². The summed E-state index contributed by atoms with van der Waals surface area (Å²) in [5.74, 6) is -0.322. The summed E-state index contributed by atoms with van der Waals surface area (Å²) < 4.78 is 2.25. The van der Waals surface area contributed by atoms with Gasteiger partial charge in [0.1, 0.15) is 5.65 Å². The molecule has 38 heavy (non-hydrogen) atoms. The minimum atomic E-state index is -0.418. The van der Waals surface area contributed by atoms with Crippen molar-refractivity contribution in [2.75, 3.05) is 6.61 Å². The van der Waals surface area contributed by atoms with Gasteiger partial charge in [-0.25, -0.2) is 4.98 Å². The van der Waals surface area contributed by atoms with Crippen molar-refractivity contribution in [1.82, 2.24) is 14.7 Å². The number of amides is 1. The van der Waals surface area contributed by atoms with E-state index in [1.54, 1.807) is 0 Å². The molecule has 0 bridgehead atoms. The fraction of sp³-hybridized carbons (Fsp3) is 0.273. The first-order valence-electron chi connectivity index (χ1n) is 13.4. The second-order valence-electron chi connectivity index (χ2n) is 10.1. The number of aromatic nitrogens is 2. The fourth-order valence-corrected chi connectivity index (χ4v) is 5.51. The van der Waals surface area contributed by atoms with Gasteiger partial charge in [0.2, 0.25) is 5.91 Å². The zero-order valence-electron chi connectivity index (χ0n) is 22.3. The lowest BCUT2D eigenvalue weighted by atomic mass is 9.91. The van der Waals surface area contributed by atoms with Crippen LogP contribution in [-0.2, 0) is 11.2 Å². The highest BCUT2D eigenvalue weighted by atomic mass is 16.3. The number of benzene rings is 3. The maximum atomic E-state index is 13.3. The van der Waals surface area contributed by atoms with Crippen LogP contribution in [0.25, 0.3) is 16.6 Å². The van der Waals surface area contributed by atoms with Crippen LogP contribution in [0.3, 0.4) is 0 Å². The molecule has 0 fully saturated rings. The molecule has 5 heteroatoms. The maximum Gasteiger partial charge on any atom is 0.228 e. The van der Waals surface area contributed by atoms with E-state index in [-0.39, 0.29) is 18.4 Å². The summed E-state index contributed by atoms with van der Waals surface area (Å²) in [4.78, 5) is 18.3. The number of fused-ring (bicyclic) bond motifs is 3. The van der Waals surface area contributed by atoms with Crippen LogP contribution in [0.15, 0.2) is 84.9 Å². The van der Waals surface area contributed by atoms with Crippen molar-refractivity contribution in [3.63, 3.8) is 0 Å². The molecule has 0 spiro atoms. The number of nitrogens with one attached hydrogen (secondary N) is 1. The van der Waals surface area contributed by atoms with Gasteiger partial charge in [-0.15, -0.1) is 0 Å². The summed E-state index contributed by atoms with van der Waals surface area (Å²) in [6.07, 6.45) is 2.40. The lowest BCUT2D eigenvalue weighted by molar-refractivity contribution is -0.123. The van der Waals surface area contributed by atoms with Gasteiger partial charge >= 0.3 is 0 Å². The van der Waals surface area contributed by atoms with Crippen LogP contribution in [0.2, 0.25) is 0 Å². The second-order valence-corrected chi connectivity index (χ2v) is 10.1. The fourth-order valence-electron chi connectivity index (χ4n) is 5.51. The average Bonchev–Trinajstić information content (AvgIpc) is 3.24. The number of aliphatic hydroxyl groups excluding tert-OH is 1. The van der Waals surface area contributed by atoms with Crippen molar-refractivity contribution < 1.29 is 9.90 Å². The summed E-state index contributed by atoms with van der Waals surface area (Å²) in [7, 11) is 0. The molecule has 1 amide bonds. The highest BCUT2D eigenvalue weighted by Gasteiger charge is 2.23. The highest BCUT2D eigenvalue weighted by Crippen LogP contribution is 2.30. The van der Waals surface area contributed by atoms with E-state index in [1.165, 1.54) is 27.7 Å². The smallest absolute Gasteiger partial charge is 0.228 e. The third-order valence-electron chi connectivity index (χ3n) is 7.36. The normalized spacial score (nSPS) is 13.1. The number of aryl methyl sites for hydroxylation is 2. The monoisotopic (exact) mass is 505 g/mol. The summed E-state index contributed by atoms with van der Waals surface area (Å²) in [5, 5.41) is 14.2. The van der Waals surface area contributed by atoms with Gasteiger partial charge in [0.15, 0.2) is 0 Å². The van der Waals surface area contributed by atoms with Crippen molar-refractivity contribution in [2.24, 2.45) is 0 Å². The Labute approximate surface area is 224 Å². The Kier molecular flexibility index (Phi) is 7.57. The van der Waals surface area contributed by atoms with E-state index in [0.717, 1.165) is 41.7 Å². The Bertz CT molecular complexity index is 1550. The van der Waals surface area contributed by atoms with E-state index in [0.29, 0.717) is 0 Å². The predicted octanol–water partition coefficient (Wildman–Crippen LogP) is 6.43. The number of hydrogen-bond acceptors (Lipinski definition) is 3. The van der Waals surface area contributed by atoms with Gasteiger partial charge in [0.05, 0.1) is 24.1 Å². The molecule has 2 atom stereocenters. The van der Waals surface area contributed by atoms with Gasteiger partial charge in [-0.2, -0.15) is 0 Å². The van der Waals surface area contributed by atoms with Crippen LogP contribution in [0.1, 0.15) is 65.4 Å². The number of hydrogen-bond donors (Lipinski definition) is 2. The van der Waals surface area contributed by atoms with Crippen molar-refractivity contribution in [3.8, 4) is 0 Å². The molecule has 2 aromatic heterocycles. The number of carbonyl (C=O) groups excluding carboxylic acids is 1. The van der Waals surface area contributed by atoms with Gasteiger partial charge in [-0.3, -0.25) is 9.20 Å². The molecule has 1 unspecified atom stereocenters. The molecule has 2 heterocycles. The first-order valence-corrected chi connectivity index (χ1v) is 13.4. The minimum Gasteiger partial charge on any atom is -0.394 e. The SMILES string of the molecule is CCCC(C(=O)N[C@@H](CO)c1ccccc1)c1ccc(Cc2c3ccccc3n3c(C)cc(C)nc23)cc1. The largest absolute Gasteiger partial charge is 0.394 e. The molecule has 5 nitrogen and oxygen atoms in total. The molecule has 194 valence electrons. The average molecular weight is 506 g/mol. The molecule has 3 aromatic carbocycles. The topological polar surface area (TPSA) is 66.6 Å². The first-order chi connectivity index (χ1) is 18.5. The molecule has 0 aliphatic rings. The lowest BCUT2D eigenvalue weighted by Crippen LogP contribution is -2.34. The van der Waals surface area contributed by atoms with E-state index in [2.05, 4.69) is 78.2 Å². The van der Waals surface area contributed by atoms with Crippen LogP contribution in [0.4, 0.5) is 0 Å². The van der Waals surface area contributed by atoms with Crippen molar-refractivity contribution in [1.29, 1.82) is 0 Å². The molecule has 0 saturated carbocycles. The Morgan fingerprint density at radius 1 is 0.947 bits per heavy atom. The summed E-state index contributed by atoms with van der Waals surface area (Å²) >= 11 is 0. The number of carbonyl (C=O) groups is 1. The number of rotatable bonds is 9. The van der Waals surface area contributed by atoms with Crippen LogP contribution in [-0.4, -0.2) is 27.0 Å². The highest BCUT2D eigenvalue weighted by molar-refractivity contribution is 5.91. The number of aliphatic hydroxyl groups is 1. The molecule has 0 aliphatic heterocycles. The van der Waals surface area contributed by atoms with Gasteiger partial charge in [0, 0.05) is 28.8 Å². The number of nitrogens with zero attached hydrogens (tertiary/aromatic N) is 2. The van der Waals surface area contributed by atoms with E-state index in [4.69, 9.17) is 4.98 Å². The molecule has 5 aromatic rings. The van der Waals surface area contributed by atoms with Crippen LogP contribution >= 0.6 is 0 Å². The van der Waals surface area contributed by atoms with Gasteiger partial charge in [-0.05, 0) is 49.1 Å². The quantitative estimate of drug-likeness (QED) is 0.243. The number of para-hydroxylation sites is 1. The van der Waals surface area contributed by atoms with E-state index >= 15 is 0 Å². The lowest BCUT2D eigenvalue weighted by Gasteiger charge is -2.22. The molecule has 0 aliphatic carbocycles. The van der Waals surface area contributed by atoms with Gasteiger partial charge < -0.3 is 10.4 Å². The third kappa shape index (κ3) is 5.07. The summed E-state index contributed by atoms with van der Waals surface area (Å²) in [6.45, 7) is 6.13. The van der Waals surface area contributed by atoms with E-state index < -0.39 is 6.04 Å². The van der Waals surface area contributed by atoms with Gasteiger partial charge in [-0.1, -0.05) is 86.1 Å². The van der Waals surface area contributed by atoms with Crippen LogP contribution in [0, 0.1) is 13.8 Å². The van der Waals surface area contributed by atoms with E-state index in [1.807, 2.05) is 37.3 Å². The van der Waals surface area contributed by atoms with Crippen molar-refractivity contribution in [2.45, 2.75) is 52.0 Å². The van der Waals surface area contributed by atoms with Crippen molar-refractivity contribution >= 4 is 22.5 Å². The summed E-state index contributed by atoms with van der Waals surface area (Å²) in [6, 6.07) is 28.2. The second kappa shape index (κ2) is 11.2.